The van der Waals surface area contributed by atoms with E-state index < -0.39 is 0 Å². The van der Waals surface area contributed by atoms with Crippen LogP contribution in [0.3, 0.4) is 0 Å². The van der Waals surface area contributed by atoms with Gasteiger partial charge in [-0.25, -0.2) is 0 Å². The lowest BCUT2D eigenvalue weighted by Gasteiger charge is -2.23. The van der Waals surface area contributed by atoms with Crippen molar-refractivity contribution in [3.63, 3.8) is 0 Å². The van der Waals surface area contributed by atoms with Gasteiger partial charge in [-0.15, -0.1) is 10.2 Å². The summed E-state index contributed by atoms with van der Waals surface area (Å²) in [5.41, 5.74) is 1.84. The van der Waals surface area contributed by atoms with Crippen molar-refractivity contribution in [3.8, 4) is 5.82 Å². The maximum absolute atomic E-state index is 12.1. The van der Waals surface area contributed by atoms with Gasteiger partial charge in [-0.2, -0.15) is 0 Å². The molecule has 0 radical (unpaired) electrons. The normalized spacial score (nSPS) is 16.5. The van der Waals surface area contributed by atoms with Crippen molar-refractivity contribution >= 4 is 22.6 Å². The Hall–Kier alpha value is -2.97. The highest BCUT2D eigenvalue weighted by Crippen LogP contribution is 2.26. The number of hydrogen-bond donors (Lipinski definition) is 3. The van der Waals surface area contributed by atoms with E-state index in [0.29, 0.717) is 5.82 Å². The summed E-state index contributed by atoms with van der Waals surface area (Å²) in [5, 5.41) is 30.9. The molecule has 1 atom stereocenters. The lowest BCUT2D eigenvalue weighted by Crippen LogP contribution is -2.32. The predicted molar refractivity (Wildman–Crippen MR) is 110 cm³/mol. The van der Waals surface area contributed by atoms with Crippen LogP contribution in [0.2, 0.25) is 0 Å². The van der Waals surface area contributed by atoms with E-state index in [9.17, 15) is 9.90 Å². The average molecular weight is 395 g/mol. The van der Waals surface area contributed by atoms with E-state index in [-0.39, 0.29) is 38.1 Å². The van der Waals surface area contributed by atoms with E-state index in [4.69, 9.17) is 5.11 Å². The first kappa shape index (κ1) is 19.4. The molecule has 3 aromatic rings. The SMILES string of the molecule is O=C(Cc1cn(-c2ccc(N3CCCC3CO)nn2)c2ccccc12)NCCO. The zero-order chi connectivity index (χ0) is 20.2. The van der Waals surface area contributed by atoms with Crippen molar-refractivity contribution in [1.82, 2.24) is 20.1 Å². The van der Waals surface area contributed by atoms with Crippen LogP contribution in [0.1, 0.15) is 18.4 Å². The van der Waals surface area contributed by atoms with Crippen molar-refractivity contribution < 1.29 is 15.0 Å². The first-order chi connectivity index (χ1) is 14.2. The Bertz CT molecular complexity index is 986. The van der Waals surface area contributed by atoms with Gasteiger partial charge in [0.2, 0.25) is 5.91 Å². The highest BCUT2D eigenvalue weighted by Gasteiger charge is 2.25. The maximum atomic E-state index is 12.1. The van der Waals surface area contributed by atoms with Crippen LogP contribution in [0, 0.1) is 0 Å². The Morgan fingerprint density at radius 2 is 1.93 bits per heavy atom. The minimum Gasteiger partial charge on any atom is -0.395 e. The molecule has 1 saturated heterocycles. The number of para-hydroxylation sites is 1. The molecular weight excluding hydrogens is 370 g/mol. The van der Waals surface area contributed by atoms with E-state index in [1.807, 2.05) is 47.2 Å². The van der Waals surface area contributed by atoms with Crippen molar-refractivity contribution in [3.05, 3.63) is 48.2 Å². The topological polar surface area (TPSA) is 104 Å². The zero-order valence-electron chi connectivity index (χ0n) is 16.2. The summed E-state index contributed by atoms with van der Waals surface area (Å²) in [4.78, 5) is 14.2. The fourth-order valence-corrected chi connectivity index (χ4v) is 3.94. The average Bonchev–Trinajstić information content (AvgIpc) is 3.37. The van der Waals surface area contributed by atoms with Gasteiger partial charge in [0.15, 0.2) is 11.6 Å². The molecule has 8 heteroatoms. The second-order valence-electron chi connectivity index (χ2n) is 7.21. The second kappa shape index (κ2) is 8.59. The molecule has 1 amide bonds. The third-order valence-corrected chi connectivity index (χ3v) is 5.34. The lowest BCUT2D eigenvalue weighted by molar-refractivity contribution is -0.120. The number of fused-ring (bicyclic) bond motifs is 1. The van der Waals surface area contributed by atoms with Gasteiger partial charge in [0.1, 0.15) is 0 Å². The third-order valence-electron chi connectivity index (χ3n) is 5.34. The summed E-state index contributed by atoms with van der Waals surface area (Å²) in [5.74, 6) is 1.31. The number of anilines is 1. The summed E-state index contributed by atoms with van der Waals surface area (Å²) in [7, 11) is 0. The molecular formula is C21H25N5O3. The molecule has 1 aliphatic heterocycles. The van der Waals surface area contributed by atoms with Gasteiger partial charge in [-0.1, -0.05) is 18.2 Å². The van der Waals surface area contributed by atoms with Gasteiger partial charge >= 0.3 is 0 Å². The number of aliphatic hydroxyl groups excluding tert-OH is 2. The van der Waals surface area contributed by atoms with Crippen LogP contribution in [0.25, 0.3) is 16.7 Å². The first-order valence-electron chi connectivity index (χ1n) is 9.89. The van der Waals surface area contributed by atoms with Gasteiger partial charge in [0.25, 0.3) is 0 Å². The highest BCUT2D eigenvalue weighted by atomic mass is 16.3. The maximum Gasteiger partial charge on any atom is 0.224 e. The number of aliphatic hydroxyl groups is 2. The molecule has 152 valence electrons. The van der Waals surface area contributed by atoms with Crippen molar-refractivity contribution in [2.24, 2.45) is 0 Å². The van der Waals surface area contributed by atoms with Crippen LogP contribution in [0.4, 0.5) is 5.82 Å². The molecule has 4 rings (SSSR count). The molecule has 3 heterocycles. The fraction of sp³-hybridized carbons (Fsp3) is 0.381. The predicted octanol–water partition coefficient (Wildman–Crippen LogP) is 1.03. The number of carbonyl (C=O) groups is 1. The molecule has 1 aromatic carbocycles. The molecule has 29 heavy (non-hydrogen) atoms. The quantitative estimate of drug-likeness (QED) is 0.552. The van der Waals surface area contributed by atoms with Crippen LogP contribution < -0.4 is 10.2 Å². The number of benzene rings is 1. The number of carbonyl (C=O) groups excluding carboxylic acids is 1. The smallest absolute Gasteiger partial charge is 0.224 e. The van der Waals surface area contributed by atoms with Gasteiger partial charge in [0, 0.05) is 24.7 Å². The Morgan fingerprint density at radius 3 is 2.69 bits per heavy atom. The van der Waals surface area contributed by atoms with Crippen LogP contribution in [0.15, 0.2) is 42.6 Å². The number of aromatic nitrogens is 3. The molecule has 1 fully saturated rings. The van der Waals surface area contributed by atoms with Gasteiger partial charge in [-0.05, 0) is 36.6 Å². The standard InChI is InChI=1S/C21H25N5O3/c27-11-9-22-21(29)12-15-13-26(18-6-2-1-5-17(15)18)20-8-7-19(23-24-20)25-10-3-4-16(25)14-28/h1-2,5-8,13,16,27-28H,3-4,9-12,14H2,(H,22,29). The van der Waals surface area contributed by atoms with E-state index in [2.05, 4.69) is 20.4 Å². The van der Waals surface area contributed by atoms with E-state index in [1.54, 1.807) is 0 Å². The largest absolute Gasteiger partial charge is 0.395 e. The van der Waals surface area contributed by atoms with Crippen LogP contribution in [0.5, 0.6) is 0 Å². The van der Waals surface area contributed by atoms with E-state index in [1.165, 1.54) is 0 Å². The Morgan fingerprint density at radius 1 is 1.14 bits per heavy atom. The number of nitrogens with zero attached hydrogens (tertiary/aromatic N) is 4. The van der Waals surface area contributed by atoms with Crippen LogP contribution >= 0.6 is 0 Å². The van der Waals surface area contributed by atoms with E-state index >= 15 is 0 Å². The Balaban J connectivity index is 1.63. The minimum atomic E-state index is -0.132. The number of nitrogens with one attached hydrogen (secondary N) is 1. The molecule has 0 bridgehead atoms. The highest BCUT2D eigenvalue weighted by molar-refractivity contribution is 5.90. The fourth-order valence-electron chi connectivity index (χ4n) is 3.94. The van der Waals surface area contributed by atoms with Gasteiger partial charge in [0.05, 0.1) is 31.2 Å². The summed E-state index contributed by atoms with van der Waals surface area (Å²) >= 11 is 0. The lowest BCUT2D eigenvalue weighted by atomic mass is 10.1. The number of hydrogen-bond acceptors (Lipinski definition) is 6. The van der Waals surface area contributed by atoms with Crippen molar-refractivity contribution in [2.75, 3.05) is 31.2 Å². The monoisotopic (exact) mass is 395 g/mol. The van der Waals surface area contributed by atoms with Gasteiger partial charge < -0.3 is 20.4 Å². The molecule has 1 aliphatic rings. The van der Waals surface area contributed by atoms with Crippen LogP contribution in [-0.2, 0) is 11.2 Å². The number of amides is 1. The summed E-state index contributed by atoms with van der Waals surface area (Å²) < 4.78 is 1.94. The third kappa shape index (κ3) is 3.94. The summed E-state index contributed by atoms with van der Waals surface area (Å²) in [6, 6.07) is 11.8. The van der Waals surface area contributed by atoms with E-state index in [0.717, 1.165) is 41.7 Å². The van der Waals surface area contributed by atoms with Crippen molar-refractivity contribution in [2.45, 2.75) is 25.3 Å². The molecule has 1 unspecified atom stereocenters. The molecule has 2 aromatic heterocycles. The zero-order valence-corrected chi connectivity index (χ0v) is 16.2. The Kier molecular flexibility index (Phi) is 5.73. The molecule has 3 N–H and O–H groups in total. The molecule has 0 spiro atoms. The number of rotatable bonds is 7. The minimum absolute atomic E-state index is 0.0798. The molecule has 8 nitrogen and oxygen atoms in total. The Labute approximate surface area is 168 Å². The van der Waals surface area contributed by atoms with Crippen molar-refractivity contribution in [1.29, 1.82) is 0 Å². The summed E-state index contributed by atoms with van der Waals surface area (Å²) in [6.07, 6.45) is 4.15. The van der Waals surface area contributed by atoms with Gasteiger partial charge in [-0.3, -0.25) is 9.36 Å². The molecule has 0 saturated carbocycles. The molecule has 0 aliphatic carbocycles. The van der Waals surface area contributed by atoms with Crippen LogP contribution in [-0.4, -0.2) is 63.2 Å². The first-order valence-corrected chi connectivity index (χ1v) is 9.89. The summed E-state index contributed by atoms with van der Waals surface area (Å²) in [6.45, 7) is 1.16. The second-order valence-corrected chi connectivity index (χ2v) is 7.21.